The maximum Gasteiger partial charge on any atom is 0.147 e. The number of hydrogen-bond acceptors (Lipinski definition) is 1. The van der Waals surface area contributed by atoms with Gasteiger partial charge in [-0.3, -0.25) is 0 Å². The average molecular weight is 300 g/mol. The molecule has 114 valence electrons. The molecule has 1 heterocycles. The third-order valence-electron chi connectivity index (χ3n) is 3.90. The van der Waals surface area contributed by atoms with Crippen LogP contribution >= 0.6 is 0 Å². The molecule has 0 saturated heterocycles. The summed E-state index contributed by atoms with van der Waals surface area (Å²) in [6.07, 6.45) is 2.67. The van der Waals surface area contributed by atoms with Crippen molar-refractivity contribution in [1.29, 1.82) is 0 Å². The zero-order valence-electron chi connectivity index (χ0n) is 12.2. The molecule has 0 saturated carbocycles. The number of nitrogens with two attached hydrogens (primary N) is 1. The number of aromatic nitrogens is 1. The van der Waals surface area contributed by atoms with Gasteiger partial charge in [-0.15, -0.1) is 0 Å². The molecule has 3 aromatic rings. The third-order valence-corrected chi connectivity index (χ3v) is 3.90. The Kier molecular flexibility index (Phi) is 4.20. The average Bonchev–Trinajstić information content (AvgIpc) is 2.89. The first-order chi connectivity index (χ1) is 10.7. The molecule has 0 unspecified atom stereocenters. The van der Waals surface area contributed by atoms with Gasteiger partial charge in [-0.25, -0.2) is 8.78 Å². The van der Waals surface area contributed by atoms with Crippen LogP contribution in [0.5, 0.6) is 0 Å². The molecule has 4 heteroatoms. The van der Waals surface area contributed by atoms with Gasteiger partial charge in [0.25, 0.3) is 0 Å². The van der Waals surface area contributed by atoms with Crippen molar-refractivity contribution >= 4 is 10.9 Å². The molecule has 0 bridgehead atoms. The van der Waals surface area contributed by atoms with Gasteiger partial charge in [0.2, 0.25) is 0 Å². The van der Waals surface area contributed by atoms with Crippen molar-refractivity contribution in [3.8, 4) is 11.3 Å². The highest BCUT2D eigenvalue weighted by molar-refractivity contribution is 5.91. The maximum absolute atomic E-state index is 14.0. The van der Waals surface area contributed by atoms with Crippen molar-refractivity contribution in [3.63, 3.8) is 0 Å². The predicted molar refractivity (Wildman–Crippen MR) is 85.6 cm³/mol. The van der Waals surface area contributed by atoms with E-state index in [1.807, 2.05) is 6.07 Å². The first kappa shape index (κ1) is 14.7. The van der Waals surface area contributed by atoms with E-state index in [0.717, 1.165) is 41.5 Å². The Morgan fingerprint density at radius 3 is 2.45 bits per heavy atom. The van der Waals surface area contributed by atoms with E-state index in [0.29, 0.717) is 12.1 Å². The van der Waals surface area contributed by atoms with Crippen molar-refractivity contribution in [3.05, 3.63) is 59.7 Å². The lowest BCUT2D eigenvalue weighted by Crippen LogP contribution is -1.99. The molecule has 0 aliphatic heterocycles. The van der Waals surface area contributed by atoms with Gasteiger partial charge in [-0.2, -0.15) is 0 Å². The molecule has 0 amide bonds. The predicted octanol–water partition coefficient (Wildman–Crippen LogP) is 4.39. The number of hydrogen-bond donors (Lipinski definition) is 2. The van der Waals surface area contributed by atoms with Gasteiger partial charge in [0.1, 0.15) is 11.6 Å². The number of unbranched alkanes of at least 4 members (excludes halogenated alkanes) is 1. The highest BCUT2D eigenvalue weighted by Crippen LogP contribution is 2.32. The fraction of sp³-hybridized carbons (Fsp3) is 0.222. The first-order valence-corrected chi connectivity index (χ1v) is 7.46. The summed E-state index contributed by atoms with van der Waals surface area (Å²) in [5.41, 5.74) is 8.85. The fourth-order valence-electron chi connectivity index (χ4n) is 2.81. The molecule has 2 aromatic carbocycles. The summed E-state index contributed by atoms with van der Waals surface area (Å²) in [5, 5.41) is 0.886. The van der Waals surface area contributed by atoms with Crippen LogP contribution in [0.3, 0.4) is 0 Å². The molecule has 0 atom stereocenters. The number of benzene rings is 2. The molecular weight excluding hydrogens is 282 g/mol. The number of fused-ring (bicyclic) bond motifs is 1. The zero-order valence-corrected chi connectivity index (χ0v) is 12.2. The van der Waals surface area contributed by atoms with Crippen LogP contribution in [0.1, 0.15) is 18.4 Å². The quantitative estimate of drug-likeness (QED) is 0.674. The van der Waals surface area contributed by atoms with Gasteiger partial charge in [0.15, 0.2) is 0 Å². The minimum Gasteiger partial charge on any atom is -0.352 e. The van der Waals surface area contributed by atoms with E-state index in [-0.39, 0.29) is 11.6 Å². The molecule has 0 aliphatic carbocycles. The van der Waals surface area contributed by atoms with E-state index < -0.39 is 0 Å². The van der Waals surface area contributed by atoms with E-state index in [9.17, 15) is 8.78 Å². The Morgan fingerprint density at radius 2 is 1.73 bits per heavy atom. The number of nitrogens with one attached hydrogen (secondary N) is 1. The second-order valence-electron chi connectivity index (χ2n) is 5.39. The van der Waals surface area contributed by atoms with Gasteiger partial charge in [-0.05, 0) is 67.3 Å². The summed E-state index contributed by atoms with van der Waals surface area (Å²) in [6.45, 7) is 0.641. The number of rotatable bonds is 5. The van der Waals surface area contributed by atoms with Crippen molar-refractivity contribution in [1.82, 2.24) is 4.98 Å². The van der Waals surface area contributed by atoms with Crippen molar-refractivity contribution in [2.24, 2.45) is 5.73 Å². The van der Waals surface area contributed by atoms with Crippen LogP contribution < -0.4 is 5.73 Å². The number of aromatic amines is 1. The monoisotopic (exact) mass is 300 g/mol. The minimum absolute atomic E-state index is 0.272. The summed E-state index contributed by atoms with van der Waals surface area (Å²) in [4.78, 5) is 3.17. The highest BCUT2D eigenvalue weighted by Gasteiger charge is 2.15. The maximum atomic E-state index is 14.0. The van der Waals surface area contributed by atoms with Crippen LogP contribution in [0, 0.1) is 11.6 Å². The topological polar surface area (TPSA) is 41.8 Å². The van der Waals surface area contributed by atoms with E-state index in [1.165, 1.54) is 18.2 Å². The Hall–Kier alpha value is -2.20. The van der Waals surface area contributed by atoms with Crippen molar-refractivity contribution in [2.45, 2.75) is 19.3 Å². The standard InChI is InChI=1S/C18H18F2N2/c19-13-9-7-12(8-10-13)17-14(4-1-2-11-21)15-5-3-6-16(20)18(15)22-17/h3,5-10,22H,1-2,4,11,21H2. The van der Waals surface area contributed by atoms with Crippen LogP contribution in [-0.2, 0) is 6.42 Å². The van der Waals surface area contributed by atoms with Crippen LogP contribution in [0.4, 0.5) is 8.78 Å². The second kappa shape index (κ2) is 6.28. The molecule has 22 heavy (non-hydrogen) atoms. The summed E-state index contributed by atoms with van der Waals surface area (Å²) in [7, 11) is 0. The van der Waals surface area contributed by atoms with Gasteiger partial charge < -0.3 is 10.7 Å². The van der Waals surface area contributed by atoms with Crippen LogP contribution in [0.2, 0.25) is 0 Å². The van der Waals surface area contributed by atoms with Gasteiger partial charge in [0.05, 0.1) is 5.52 Å². The largest absolute Gasteiger partial charge is 0.352 e. The molecule has 0 spiro atoms. The Bertz CT molecular complexity index is 776. The fourth-order valence-corrected chi connectivity index (χ4v) is 2.81. The molecule has 1 aromatic heterocycles. The first-order valence-electron chi connectivity index (χ1n) is 7.46. The van der Waals surface area contributed by atoms with E-state index in [4.69, 9.17) is 5.73 Å². The minimum atomic E-state index is -0.282. The third kappa shape index (κ3) is 2.74. The van der Waals surface area contributed by atoms with Gasteiger partial charge in [0, 0.05) is 11.1 Å². The smallest absolute Gasteiger partial charge is 0.147 e. The highest BCUT2D eigenvalue weighted by atomic mass is 19.1. The number of para-hydroxylation sites is 1. The molecule has 3 rings (SSSR count). The Morgan fingerprint density at radius 1 is 0.955 bits per heavy atom. The van der Waals surface area contributed by atoms with E-state index in [1.54, 1.807) is 18.2 Å². The van der Waals surface area contributed by atoms with Crippen LogP contribution in [0.15, 0.2) is 42.5 Å². The molecule has 3 N–H and O–H groups in total. The van der Waals surface area contributed by atoms with Gasteiger partial charge >= 0.3 is 0 Å². The summed E-state index contributed by atoms with van der Waals surface area (Å²) < 4.78 is 27.2. The normalized spacial score (nSPS) is 11.2. The molecule has 0 aliphatic rings. The molecule has 0 radical (unpaired) electrons. The van der Waals surface area contributed by atoms with Gasteiger partial charge in [-0.1, -0.05) is 12.1 Å². The lowest BCUT2D eigenvalue weighted by atomic mass is 10.0. The van der Waals surface area contributed by atoms with E-state index in [2.05, 4.69) is 4.98 Å². The SMILES string of the molecule is NCCCCc1c(-c2ccc(F)cc2)[nH]c2c(F)cccc12. The molecular formula is C18H18F2N2. The summed E-state index contributed by atoms with van der Waals surface area (Å²) in [5.74, 6) is -0.554. The Labute approximate surface area is 128 Å². The number of H-pyrrole nitrogens is 1. The van der Waals surface area contributed by atoms with E-state index >= 15 is 0 Å². The summed E-state index contributed by atoms with van der Waals surface area (Å²) in [6, 6.07) is 11.3. The molecule has 0 fully saturated rings. The second-order valence-corrected chi connectivity index (χ2v) is 5.39. The van der Waals surface area contributed by atoms with Crippen molar-refractivity contribution < 1.29 is 8.78 Å². The van der Waals surface area contributed by atoms with Crippen LogP contribution in [0.25, 0.3) is 22.2 Å². The lowest BCUT2D eigenvalue weighted by molar-refractivity contribution is 0.628. The summed E-state index contributed by atoms with van der Waals surface area (Å²) >= 11 is 0. The molecule has 2 nitrogen and oxygen atoms in total. The number of aryl methyl sites for hydroxylation is 1. The van der Waals surface area contributed by atoms with Crippen LogP contribution in [-0.4, -0.2) is 11.5 Å². The Balaban J connectivity index is 2.12. The number of halogens is 2. The van der Waals surface area contributed by atoms with Crippen molar-refractivity contribution in [2.75, 3.05) is 6.54 Å². The lowest BCUT2D eigenvalue weighted by Gasteiger charge is -2.05. The zero-order chi connectivity index (χ0) is 15.5.